The molecule has 2 aromatic carbocycles. The minimum Gasteiger partial charge on any atom is -0.354 e. The number of alkyl halides is 3. The summed E-state index contributed by atoms with van der Waals surface area (Å²) in [4.78, 5) is 0. The summed E-state index contributed by atoms with van der Waals surface area (Å²) in [6.45, 7) is 1.79. The number of benzene rings is 2. The van der Waals surface area contributed by atoms with Gasteiger partial charge in [-0.25, -0.2) is 4.39 Å². The van der Waals surface area contributed by atoms with Crippen LogP contribution in [0.4, 0.5) is 28.9 Å². The van der Waals surface area contributed by atoms with Gasteiger partial charge in [-0.05, 0) is 42.8 Å². The third-order valence-electron chi connectivity index (χ3n) is 2.85. The third kappa shape index (κ3) is 3.31. The van der Waals surface area contributed by atoms with Crippen molar-refractivity contribution in [3.8, 4) is 6.07 Å². The van der Waals surface area contributed by atoms with Crippen LogP contribution in [0.5, 0.6) is 0 Å². The molecule has 0 atom stereocenters. The molecule has 0 bridgehead atoms. The summed E-state index contributed by atoms with van der Waals surface area (Å²) < 4.78 is 51.2. The van der Waals surface area contributed by atoms with E-state index in [0.29, 0.717) is 17.3 Å². The van der Waals surface area contributed by atoms with Crippen molar-refractivity contribution in [2.45, 2.75) is 13.1 Å². The standard InChI is InChI=1S/C15H10F4N2/c1-9-2-3-10(8-20)14(6-9)21-11-4-5-13(16)12(7-11)15(17,18)19/h2-7,21H,1H3. The van der Waals surface area contributed by atoms with Crippen LogP contribution in [0.2, 0.25) is 0 Å². The van der Waals surface area contributed by atoms with E-state index in [-0.39, 0.29) is 5.69 Å². The molecule has 0 fully saturated rings. The number of hydrogen-bond donors (Lipinski definition) is 1. The van der Waals surface area contributed by atoms with Crippen LogP contribution in [-0.4, -0.2) is 0 Å². The second-order valence-corrected chi connectivity index (χ2v) is 4.48. The van der Waals surface area contributed by atoms with Gasteiger partial charge in [-0.15, -0.1) is 0 Å². The van der Waals surface area contributed by atoms with Crippen molar-refractivity contribution < 1.29 is 17.6 Å². The van der Waals surface area contributed by atoms with Gasteiger partial charge >= 0.3 is 6.18 Å². The lowest BCUT2D eigenvalue weighted by Crippen LogP contribution is -2.08. The van der Waals surface area contributed by atoms with Crippen molar-refractivity contribution in [2.75, 3.05) is 5.32 Å². The van der Waals surface area contributed by atoms with E-state index in [9.17, 15) is 17.6 Å². The normalized spacial score (nSPS) is 11.0. The zero-order valence-corrected chi connectivity index (χ0v) is 10.9. The van der Waals surface area contributed by atoms with Crippen LogP contribution in [-0.2, 0) is 6.18 Å². The molecule has 2 nitrogen and oxygen atoms in total. The minimum absolute atomic E-state index is 0.0609. The average Bonchev–Trinajstić information content (AvgIpc) is 2.40. The quantitative estimate of drug-likeness (QED) is 0.810. The van der Waals surface area contributed by atoms with Gasteiger partial charge in [-0.2, -0.15) is 18.4 Å². The maximum atomic E-state index is 13.2. The van der Waals surface area contributed by atoms with Gasteiger partial charge in [0.1, 0.15) is 11.9 Å². The molecule has 0 aliphatic rings. The number of halogens is 4. The lowest BCUT2D eigenvalue weighted by molar-refractivity contribution is -0.139. The number of hydrogen-bond acceptors (Lipinski definition) is 2. The third-order valence-corrected chi connectivity index (χ3v) is 2.85. The van der Waals surface area contributed by atoms with E-state index >= 15 is 0 Å². The highest BCUT2D eigenvalue weighted by Gasteiger charge is 2.34. The monoisotopic (exact) mass is 294 g/mol. The number of rotatable bonds is 2. The summed E-state index contributed by atoms with van der Waals surface area (Å²) >= 11 is 0. The molecule has 0 unspecified atom stereocenters. The first kappa shape index (κ1) is 14.9. The van der Waals surface area contributed by atoms with Crippen molar-refractivity contribution in [3.63, 3.8) is 0 Å². The highest BCUT2D eigenvalue weighted by molar-refractivity contribution is 5.67. The molecule has 1 N–H and O–H groups in total. The highest BCUT2D eigenvalue weighted by atomic mass is 19.4. The first-order valence-corrected chi connectivity index (χ1v) is 5.96. The molecule has 0 aliphatic carbocycles. The second-order valence-electron chi connectivity index (χ2n) is 4.48. The van der Waals surface area contributed by atoms with Gasteiger partial charge in [0.25, 0.3) is 0 Å². The van der Waals surface area contributed by atoms with E-state index in [1.807, 2.05) is 6.07 Å². The summed E-state index contributed by atoms with van der Waals surface area (Å²) in [6, 6.07) is 9.46. The molecule has 108 valence electrons. The van der Waals surface area contributed by atoms with Crippen molar-refractivity contribution in [3.05, 3.63) is 58.9 Å². The Morgan fingerprint density at radius 1 is 1.10 bits per heavy atom. The maximum absolute atomic E-state index is 13.2. The van der Waals surface area contributed by atoms with Crippen LogP contribution < -0.4 is 5.32 Å². The molecule has 0 saturated heterocycles. The Labute approximate surface area is 118 Å². The Hall–Kier alpha value is -2.55. The lowest BCUT2D eigenvalue weighted by atomic mass is 10.1. The predicted octanol–water partition coefficient (Wildman–Crippen LogP) is 4.77. The first-order valence-electron chi connectivity index (χ1n) is 5.96. The van der Waals surface area contributed by atoms with Gasteiger partial charge in [-0.3, -0.25) is 0 Å². The van der Waals surface area contributed by atoms with E-state index < -0.39 is 17.6 Å². The number of nitriles is 1. The van der Waals surface area contributed by atoms with E-state index in [1.165, 1.54) is 6.07 Å². The van der Waals surface area contributed by atoms with Crippen LogP contribution in [0, 0.1) is 24.1 Å². The molecule has 0 aliphatic heterocycles. The first-order chi connectivity index (χ1) is 9.81. The van der Waals surface area contributed by atoms with Gasteiger partial charge in [0.05, 0.1) is 16.8 Å². The average molecular weight is 294 g/mol. The zero-order valence-electron chi connectivity index (χ0n) is 10.9. The van der Waals surface area contributed by atoms with Crippen molar-refractivity contribution >= 4 is 11.4 Å². The number of nitrogens with zero attached hydrogens (tertiary/aromatic N) is 1. The molecule has 0 amide bonds. The lowest BCUT2D eigenvalue weighted by Gasteiger charge is -2.13. The van der Waals surface area contributed by atoms with E-state index in [2.05, 4.69) is 5.32 Å². The Kier molecular flexibility index (Phi) is 3.85. The van der Waals surface area contributed by atoms with Gasteiger partial charge in [0.2, 0.25) is 0 Å². The fraction of sp³-hybridized carbons (Fsp3) is 0.133. The zero-order chi connectivity index (χ0) is 15.6. The van der Waals surface area contributed by atoms with Crippen LogP contribution in [0.3, 0.4) is 0 Å². The predicted molar refractivity (Wildman–Crippen MR) is 70.6 cm³/mol. The van der Waals surface area contributed by atoms with Gasteiger partial charge in [0.15, 0.2) is 0 Å². The number of anilines is 2. The molecule has 0 heterocycles. The molecular formula is C15H10F4N2. The second kappa shape index (κ2) is 5.44. The molecule has 2 rings (SSSR count). The molecule has 0 spiro atoms. The van der Waals surface area contributed by atoms with E-state index in [1.54, 1.807) is 25.1 Å². The molecule has 21 heavy (non-hydrogen) atoms. The van der Waals surface area contributed by atoms with Crippen molar-refractivity contribution in [2.24, 2.45) is 0 Å². The van der Waals surface area contributed by atoms with Crippen molar-refractivity contribution in [1.29, 1.82) is 5.26 Å². The Morgan fingerprint density at radius 2 is 1.81 bits per heavy atom. The van der Waals surface area contributed by atoms with Crippen molar-refractivity contribution in [1.82, 2.24) is 0 Å². The molecule has 6 heteroatoms. The molecule has 0 radical (unpaired) electrons. The Morgan fingerprint density at radius 3 is 2.43 bits per heavy atom. The van der Waals surface area contributed by atoms with E-state index in [0.717, 1.165) is 11.6 Å². The van der Waals surface area contributed by atoms with Crippen LogP contribution >= 0.6 is 0 Å². The van der Waals surface area contributed by atoms with Crippen LogP contribution in [0.25, 0.3) is 0 Å². The maximum Gasteiger partial charge on any atom is 0.419 e. The number of nitrogens with one attached hydrogen (secondary N) is 1. The summed E-state index contributed by atoms with van der Waals surface area (Å²) in [6.07, 6.45) is -4.77. The van der Waals surface area contributed by atoms with E-state index in [4.69, 9.17) is 5.26 Å². The Balaban J connectivity index is 2.42. The van der Waals surface area contributed by atoms with Gasteiger partial charge in [-0.1, -0.05) is 6.07 Å². The fourth-order valence-corrected chi connectivity index (χ4v) is 1.83. The fourth-order valence-electron chi connectivity index (χ4n) is 1.83. The summed E-state index contributed by atoms with van der Waals surface area (Å²) in [7, 11) is 0. The Bertz CT molecular complexity index is 715. The number of aryl methyl sites for hydroxylation is 1. The molecule has 0 aromatic heterocycles. The van der Waals surface area contributed by atoms with Gasteiger partial charge in [0, 0.05) is 5.69 Å². The summed E-state index contributed by atoms with van der Waals surface area (Å²) in [5.41, 5.74) is 0.217. The summed E-state index contributed by atoms with van der Waals surface area (Å²) in [5.74, 6) is -1.34. The van der Waals surface area contributed by atoms with Crippen LogP contribution in [0.1, 0.15) is 16.7 Å². The summed E-state index contributed by atoms with van der Waals surface area (Å²) in [5, 5.41) is 11.7. The van der Waals surface area contributed by atoms with Crippen LogP contribution in [0.15, 0.2) is 36.4 Å². The smallest absolute Gasteiger partial charge is 0.354 e. The highest BCUT2D eigenvalue weighted by Crippen LogP contribution is 2.34. The molecule has 2 aromatic rings. The molecule has 0 saturated carbocycles. The van der Waals surface area contributed by atoms with Gasteiger partial charge < -0.3 is 5.32 Å². The SMILES string of the molecule is Cc1ccc(C#N)c(Nc2ccc(F)c(C(F)(F)F)c2)c1. The topological polar surface area (TPSA) is 35.8 Å². The minimum atomic E-state index is -4.77. The largest absolute Gasteiger partial charge is 0.419 e. The molecular weight excluding hydrogens is 284 g/mol.